The molecule has 0 spiro atoms. The van der Waals surface area contributed by atoms with Crippen LogP contribution in [0, 0.1) is 19.8 Å². The van der Waals surface area contributed by atoms with Gasteiger partial charge in [-0.3, -0.25) is 9.52 Å². The van der Waals surface area contributed by atoms with Gasteiger partial charge in [-0.1, -0.05) is 12.1 Å². The summed E-state index contributed by atoms with van der Waals surface area (Å²) in [6, 6.07) is 10.5. The molecule has 3 N–H and O–H groups in total. The van der Waals surface area contributed by atoms with Crippen LogP contribution in [0.3, 0.4) is 0 Å². The first-order chi connectivity index (χ1) is 20.3. The molecule has 1 aliphatic rings. The predicted octanol–water partition coefficient (Wildman–Crippen LogP) is 3.48. The van der Waals surface area contributed by atoms with Crippen LogP contribution in [-0.2, 0) is 10.0 Å². The fourth-order valence-electron chi connectivity index (χ4n) is 4.81. The topological polar surface area (TPSA) is 164 Å². The fraction of sp³-hybridized carbons (Fsp3) is 0.414. The van der Waals surface area contributed by atoms with Gasteiger partial charge in [-0.2, -0.15) is 0 Å². The van der Waals surface area contributed by atoms with E-state index in [1.165, 1.54) is 41.8 Å². The molecule has 13 nitrogen and oxygen atoms in total. The molecule has 3 amide bonds. The van der Waals surface area contributed by atoms with E-state index in [4.69, 9.17) is 14.0 Å². The standard InChI is InChI=1S/C29H37N5O8S/c1-17-14-34(18(2)16-35)28(36)24-13-22(32-43(38,39)27-19(3)31-42-20(27)4)9-12-25(24)41-26(17)15-33(5)29(37)30-21-7-10-23(40-6)11-8-21/h7-13,17-18,26,32,35H,14-16H2,1-6H3,(H,30,37)/t17-,18+,26-/m1/s1. The monoisotopic (exact) mass is 615 g/mol. The van der Waals surface area contributed by atoms with Crippen molar-refractivity contribution in [3.8, 4) is 11.5 Å². The summed E-state index contributed by atoms with van der Waals surface area (Å²) in [6.45, 7) is 6.78. The van der Waals surface area contributed by atoms with E-state index in [1.54, 1.807) is 45.3 Å². The van der Waals surface area contributed by atoms with Gasteiger partial charge in [0.05, 0.1) is 31.9 Å². The van der Waals surface area contributed by atoms with Crippen molar-refractivity contribution in [2.24, 2.45) is 5.92 Å². The zero-order chi connectivity index (χ0) is 31.5. The highest BCUT2D eigenvalue weighted by atomic mass is 32.2. The lowest BCUT2D eigenvalue weighted by atomic mass is 9.99. The second kappa shape index (κ2) is 12.9. The normalized spacial score (nSPS) is 17.7. The van der Waals surface area contributed by atoms with E-state index in [-0.39, 0.29) is 65.0 Å². The molecule has 3 aromatic rings. The number of aliphatic hydroxyl groups is 1. The minimum Gasteiger partial charge on any atom is -0.497 e. The van der Waals surface area contributed by atoms with E-state index in [0.717, 1.165) is 0 Å². The largest absolute Gasteiger partial charge is 0.497 e. The van der Waals surface area contributed by atoms with Gasteiger partial charge in [0.15, 0.2) is 10.7 Å². The molecule has 0 unspecified atom stereocenters. The Morgan fingerprint density at radius 1 is 1.21 bits per heavy atom. The zero-order valence-electron chi connectivity index (χ0n) is 24.9. The molecule has 2 heterocycles. The third-order valence-corrected chi connectivity index (χ3v) is 8.92. The molecule has 14 heteroatoms. The van der Waals surface area contributed by atoms with E-state index in [2.05, 4.69) is 15.2 Å². The van der Waals surface area contributed by atoms with Crippen molar-refractivity contribution in [3.05, 3.63) is 59.5 Å². The summed E-state index contributed by atoms with van der Waals surface area (Å²) >= 11 is 0. The second-order valence-electron chi connectivity index (χ2n) is 10.6. The molecule has 0 saturated heterocycles. The van der Waals surface area contributed by atoms with Crippen LogP contribution in [0.25, 0.3) is 0 Å². The number of amides is 3. The zero-order valence-corrected chi connectivity index (χ0v) is 25.8. The van der Waals surface area contributed by atoms with Gasteiger partial charge in [-0.25, -0.2) is 13.2 Å². The summed E-state index contributed by atoms with van der Waals surface area (Å²) in [5.74, 6) is 0.361. The number of aryl methyl sites for hydroxylation is 2. The van der Waals surface area contributed by atoms with Gasteiger partial charge in [0.2, 0.25) is 0 Å². The number of nitrogens with one attached hydrogen (secondary N) is 2. The van der Waals surface area contributed by atoms with E-state index in [9.17, 15) is 23.1 Å². The molecular weight excluding hydrogens is 578 g/mol. The molecule has 3 atom stereocenters. The number of carbonyl (C=O) groups excluding carboxylic acids is 2. The maximum Gasteiger partial charge on any atom is 0.321 e. The van der Waals surface area contributed by atoms with Gasteiger partial charge in [0.1, 0.15) is 23.3 Å². The third-order valence-electron chi connectivity index (χ3n) is 7.30. The van der Waals surface area contributed by atoms with Crippen LogP contribution >= 0.6 is 0 Å². The molecule has 0 radical (unpaired) electrons. The molecule has 43 heavy (non-hydrogen) atoms. The number of nitrogens with zero attached hydrogens (tertiary/aromatic N) is 3. The number of likely N-dealkylation sites (N-methyl/N-ethyl adjacent to an activating group) is 1. The number of anilines is 2. The van der Waals surface area contributed by atoms with Crippen LogP contribution in [0.4, 0.5) is 16.2 Å². The van der Waals surface area contributed by atoms with Gasteiger partial charge < -0.3 is 34.2 Å². The Balaban J connectivity index is 1.61. The molecule has 0 bridgehead atoms. The number of aliphatic hydroxyl groups excluding tert-OH is 1. The Kier molecular flexibility index (Phi) is 9.50. The van der Waals surface area contributed by atoms with Gasteiger partial charge >= 0.3 is 6.03 Å². The average Bonchev–Trinajstić information content (AvgIpc) is 3.33. The fourth-order valence-corrected chi connectivity index (χ4v) is 6.20. The van der Waals surface area contributed by atoms with Crippen molar-refractivity contribution in [2.75, 3.05) is 43.9 Å². The number of rotatable bonds is 9. The smallest absolute Gasteiger partial charge is 0.321 e. The lowest BCUT2D eigenvalue weighted by molar-refractivity contribution is 0.0371. The number of benzene rings is 2. The van der Waals surface area contributed by atoms with E-state index < -0.39 is 28.1 Å². The Bertz CT molecular complexity index is 1550. The van der Waals surface area contributed by atoms with Crippen LogP contribution in [0.1, 0.15) is 35.7 Å². The van der Waals surface area contributed by atoms with Crippen molar-refractivity contribution < 1.29 is 37.1 Å². The van der Waals surface area contributed by atoms with Crippen LogP contribution in [0.15, 0.2) is 51.9 Å². The predicted molar refractivity (Wildman–Crippen MR) is 159 cm³/mol. The van der Waals surface area contributed by atoms with E-state index >= 15 is 0 Å². The molecule has 0 aliphatic carbocycles. The maximum absolute atomic E-state index is 13.7. The van der Waals surface area contributed by atoms with Crippen molar-refractivity contribution in [3.63, 3.8) is 0 Å². The molecule has 1 aliphatic heterocycles. The summed E-state index contributed by atoms with van der Waals surface area (Å²) in [5, 5.41) is 16.5. The summed E-state index contributed by atoms with van der Waals surface area (Å²) in [7, 11) is -0.871. The molecule has 2 aromatic carbocycles. The number of carbonyl (C=O) groups is 2. The Morgan fingerprint density at radius 3 is 2.49 bits per heavy atom. The highest BCUT2D eigenvalue weighted by Crippen LogP contribution is 2.32. The molecule has 232 valence electrons. The summed E-state index contributed by atoms with van der Waals surface area (Å²) in [6.07, 6.45) is -0.545. The van der Waals surface area contributed by atoms with Gasteiger partial charge in [0.25, 0.3) is 15.9 Å². The first-order valence-corrected chi connectivity index (χ1v) is 15.2. The first kappa shape index (κ1) is 31.6. The van der Waals surface area contributed by atoms with Crippen molar-refractivity contribution in [2.45, 2.75) is 44.7 Å². The van der Waals surface area contributed by atoms with Crippen LogP contribution in [0.2, 0.25) is 0 Å². The Labute approximate surface area is 250 Å². The van der Waals surface area contributed by atoms with Gasteiger partial charge in [0, 0.05) is 30.9 Å². The Morgan fingerprint density at radius 2 is 1.88 bits per heavy atom. The van der Waals surface area contributed by atoms with Crippen molar-refractivity contribution in [1.29, 1.82) is 0 Å². The number of aromatic nitrogens is 1. The number of methoxy groups -OCH3 is 1. The van der Waals surface area contributed by atoms with Gasteiger partial charge in [-0.15, -0.1) is 0 Å². The third kappa shape index (κ3) is 7.03. The summed E-state index contributed by atoms with van der Waals surface area (Å²) in [4.78, 5) is 29.7. The van der Waals surface area contributed by atoms with E-state index in [0.29, 0.717) is 11.4 Å². The van der Waals surface area contributed by atoms with E-state index in [1.807, 2.05) is 6.92 Å². The quantitative estimate of drug-likeness (QED) is 0.327. The second-order valence-corrected chi connectivity index (χ2v) is 12.3. The number of hydrogen-bond acceptors (Lipinski definition) is 9. The lowest BCUT2D eigenvalue weighted by Crippen LogP contribution is -2.50. The lowest BCUT2D eigenvalue weighted by Gasteiger charge is -2.38. The highest BCUT2D eigenvalue weighted by Gasteiger charge is 2.34. The molecule has 0 saturated carbocycles. The minimum absolute atomic E-state index is 0.0813. The first-order valence-electron chi connectivity index (χ1n) is 13.7. The van der Waals surface area contributed by atoms with Crippen LogP contribution in [0.5, 0.6) is 11.5 Å². The van der Waals surface area contributed by atoms with Crippen LogP contribution in [-0.4, -0.2) is 86.4 Å². The molecule has 0 fully saturated rings. The van der Waals surface area contributed by atoms with Crippen LogP contribution < -0.4 is 19.5 Å². The highest BCUT2D eigenvalue weighted by molar-refractivity contribution is 7.92. The van der Waals surface area contributed by atoms with Gasteiger partial charge in [-0.05, 0) is 63.2 Å². The maximum atomic E-state index is 13.7. The van der Waals surface area contributed by atoms with Crippen molar-refractivity contribution in [1.82, 2.24) is 15.0 Å². The Hall–Kier alpha value is -4.30. The summed E-state index contributed by atoms with van der Waals surface area (Å²) in [5.41, 5.74) is 1.04. The number of hydrogen-bond donors (Lipinski definition) is 3. The number of sulfonamides is 1. The van der Waals surface area contributed by atoms with Crippen molar-refractivity contribution >= 4 is 33.3 Å². The average molecular weight is 616 g/mol. The SMILES string of the molecule is COc1ccc(NC(=O)N(C)C[C@H]2Oc3ccc(NS(=O)(=O)c4c(C)noc4C)cc3C(=O)N([C@@H](C)CO)C[C@H]2C)cc1. The number of ether oxygens (including phenoxy) is 2. The molecular formula is C29H37N5O8S. The molecule has 4 rings (SSSR count). The summed E-state index contributed by atoms with van der Waals surface area (Å²) < 4.78 is 45.2. The minimum atomic E-state index is -4.07. The number of urea groups is 1. The number of fused-ring (bicyclic) bond motifs is 1. The molecule has 1 aromatic heterocycles.